The highest BCUT2D eigenvalue weighted by atomic mass is 16.6. The maximum absolute atomic E-state index is 6.05. The van der Waals surface area contributed by atoms with E-state index < -0.39 is 0 Å². The van der Waals surface area contributed by atoms with Gasteiger partial charge in [0.2, 0.25) is 0 Å². The van der Waals surface area contributed by atoms with E-state index in [4.69, 9.17) is 14.2 Å². The predicted molar refractivity (Wildman–Crippen MR) is 83.2 cm³/mol. The lowest BCUT2D eigenvalue weighted by Crippen LogP contribution is -2.32. The van der Waals surface area contributed by atoms with Crippen LogP contribution in [-0.2, 0) is 14.2 Å². The van der Waals surface area contributed by atoms with Gasteiger partial charge in [0.15, 0.2) is 0 Å². The summed E-state index contributed by atoms with van der Waals surface area (Å²) in [5.41, 5.74) is -0.0900. The molecule has 0 amide bonds. The Kier molecular flexibility index (Phi) is 8.74. The topological polar surface area (TPSA) is 31.0 Å². The lowest BCUT2D eigenvalue weighted by atomic mass is 9.96. The van der Waals surface area contributed by atoms with Gasteiger partial charge in [-0.1, -0.05) is 39.0 Å². The molecule has 0 N–H and O–H groups in total. The molecule has 20 heavy (non-hydrogen) atoms. The van der Waals surface area contributed by atoms with Gasteiger partial charge in [0.1, 0.15) is 6.10 Å². The molecular weight excluding hydrogens is 252 g/mol. The van der Waals surface area contributed by atoms with E-state index in [2.05, 4.69) is 27.7 Å². The Balaban J connectivity index is 2.26. The van der Waals surface area contributed by atoms with Gasteiger partial charge < -0.3 is 14.2 Å². The first-order chi connectivity index (χ1) is 9.57. The Morgan fingerprint density at radius 1 is 1.15 bits per heavy atom. The van der Waals surface area contributed by atoms with Gasteiger partial charge in [0.05, 0.1) is 24.9 Å². The van der Waals surface area contributed by atoms with E-state index >= 15 is 0 Å². The molecular formula is C17H34O3. The Bertz CT molecular complexity index is 236. The fourth-order valence-electron chi connectivity index (χ4n) is 2.63. The Morgan fingerprint density at radius 2 is 1.85 bits per heavy atom. The summed E-state index contributed by atoms with van der Waals surface area (Å²) in [4.78, 5) is 0. The third-order valence-corrected chi connectivity index (χ3v) is 3.80. The summed E-state index contributed by atoms with van der Waals surface area (Å²) in [6.45, 7) is 11.0. The van der Waals surface area contributed by atoms with Crippen molar-refractivity contribution in [2.45, 2.75) is 90.4 Å². The molecule has 120 valence electrons. The molecule has 0 radical (unpaired) electrons. The zero-order valence-electron chi connectivity index (χ0n) is 14.0. The molecule has 0 aromatic heterocycles. The van der Waals surface area contributed by atoms with Gasteiger partial charge >= 0.3 is 0 Å². The lowest BCUT2D eigenvalue weighted by molar-refractivity contribution is -0.0659. The molecule has 3 heteroatoms. The van der Waals surface area contributed by atoms with Crippen molar-refractivity contribution < 1.29 is 14.2 Å². The summed E-state index contributed by atoms with van der Waals surface area (Å²) in [6, 6.07) is 0. The monoisotopic (exact) mass is 286 g/mol. The van der Waals surface area contributed by atoms with Crippen molar-refractivity contribution in [2.75, 3.05) is 19.8 Å². The van der Waals surface area contributed by atoms with Crippen LogP contribution in [0.3, 0.4) is 0 Å². The van der Waals surface area contributed by atoms with Gasteiger partial charge in [-0.25, -0.2) is 0 Å². The van der Waals surface area contributed by atoms with Gasteiger partial charge in [0.25, 0.3) is 0 Å². The Hall–Kier alpha value is -0.120. The largest absolute Gasteiger partial charge is 0.376 e. The highest BCUT2D eigenvalue weighted by Gasteiger charge is 2.28. The number of hydrogen-bond acceptors (Lipinski definition) is 3. The number of ether oxygens (including phenoxy) is 3. The van der Waals surface area contributed by atoms with Crippen LogP contribution in [0, 0.1) is 0 Å². The highest BCUT2D eigenvalue weighted by Crippen LogP contribution is 2.23. The number of unbranched alkanes of at least 4 members (excludes halogenated alkanes) is 4. The van der Waals surface area contributed by atoms with E-state index in [0.717, 1.165) is 32.7 Å². The fraction of sp³-hybridized carbons (Fsp3) is 1.00. The second kappa shape index (κ2) is 9.75. The molecule has 3 nitrogen and oxygen atoms in total. The van der Waals surface area contributed by atoms with Crippen molar-refractivity contribution in [3.63, 3.8) is 0 Å². The minimum absolute atomic E-state index is 0.0900. The molecule has 1 rings (SSSR count). The Labute approximate surface area is 125 Å². The quantitative estimate of drug-likeness (QED) is 0.373. The second-order valence-electron chi connectivity index (χ2n) is 6.51. The first kappa shape index (κ1) is 17.9. The van der Waals surface area contributed by atoms with Crippen LogP contribution in [0.4, 0.5) is 0 Å². The van der Waals surface area contributed by atoms with Crippen LogP contribution in [0.15, 0.2) is 0 Å². The first-order valence-electron chi connectivity index (χ1n) is 8.44. The molecule has 1 fully saturated rings. The summed E-state index contributed by atoms with van der Waals surface area (Å²) < 4.78 is 17.1. The smallest absolute Gasteiger partial charge is 0.104 e. The standard InChI is InChI=1S/C17H34O3/c1-5-7-8-9-10-11-15(18-13-16-14-19-16)12-17(3,4)20-6-2/h15-16H,5-14H2,1-4H3. The van der Waals surface area contributed by atoms with Gasteiger partial charge in [-0.3, -0.25) is 0 Å². The molecule has 1 saturated heterocycles. The van der Waals surface area contributed by atoms with Crippen molar-refractivity contribution in [2.24, 2.45) is 0 Å². The average Bonchev–Trinajstić information content (AvgIpc) is 3.19. The van der Waals surface area contributed by atoms with Crippen LogP contribution in [0.1, 0.15) is 72.6 Å². The third-order valence-electron chi connectivity index (χ3n) is 3.80. The molecule has 1 heterocycles. The average molecular weight is 286 g/mol. The maximum atomic E-state index is 6.05. The number of hydrogen-bond donors (Lipinski definition) is 0. The first-order valence-corrected chi connectivity index (χ1v) is 8.44. The molecule has 0 bridgehead atoms. The van der Waals surface area contributed by atoms with Crippen molar-refractivity contribution >= 4 is 0 Å². The molecule has 0 aliphatic carbocycles. The number of rotatable bonds is 13. The summed E-state index contributed by atoms with van der Waals surface area (Å²) in [5, 5.41) is 0. The van der Waals surface area contributed by atoms with Gasteiger partial charge in [-0.05, 0) is 27.2 Å². The molecule has 2 atom stereocenters. The van der Waals surface area contributed by atoms with E-state index in [0.29, 0.717) is 12.2 Å². The van der Waals surface area contributed by atoms with Crippen LogP contribution < -0.4 is 0 Å². The Morgan fingerprint density at radius 3 is 2.45 bits per heavy atom. The van der Waals surface area contributed by atoms with Crippen molar-refractivity contribution in [1.29, 1.82) is 0 Å². The molecule has 0 aromatic rings. The van der Waals surface area contributed by atoms with Crippen LogP contribution in [0.5, 0.6) is 0 Å². The zero-order valence-corrected chi connectivity index (χ0v) is 14.0. The predicted octanol–water partition coefficient (Wildman–Crippen LogP) is 4.34. The summed E-state index contributed by atoms with van der Waals surface area (Å²) >= 11 is 0. The second-order valence-corrected chi connectivity index (χ2v) is 6.51. The van der Waals surface area contributed by atoms with Crippen LogP contribution >= 0.6 is 0 Å². The van der Waals surface area contributed by atoms with E-state index in [9.17, 15) is 0 Å². The number of epoxide rings is 1. The lowest BCUT2D eigenvalue weighted by Gasteiger charge is -2.29. The summed E-state index contributed by atoms with van der Waals surface area (Å²) in [7, 11) is 0. The van der Waals surface area contributed by atoms with Crippen molar-refractivity contribution in [3.8, 4) is 0 Å². The zero-order chi connectivity index (χ0) is 14.8. The van der Waals surface area contributed by atoms with E-state index in [1.807, 2.05) is 0 Å². The molecule has 0 saturated carbocycles. The van der Waals surface area contributed by atoms with Crippen molar-refractivity contribution in [3.05, 3.63) is 0 Å². The molecule has 1 aliphatic rings. The minimum atomic E-state index is -0.0900. The molecule has 2 unspecified atom stereocenters. The van der Waals surface area contributed by atoms with Gasteiger partial charge in [-0.15, -0.1) is 0 Å². The molecule has 0 spiro atoms. The van der Waals surface area contributed by atoms with E-state index in [1.54, 1.807) is 0 Å². The highest BCUT2D eigenvalue weighted by molar-refractivity contribution is 4.76. The maximum Gasteiger partial charge on any atom is 0.104 e. The van der Waals surface area contributed by atoms with Crippen LogP contribution in [0.2, 0.25) is 0 Å². The minimum Gasteiger partial charge on any atom is -0.376 e. The van der Waals surface area contributed by atoms with Gasteiger partial charge in [-0.2, -0.15) is 0 Å². The van der Waals surface area contributed by atoms with E-state index in [-0.39, 0.29) is 5.60 Å². The van der Waals surface area contributed by atoms with Gasteiger partial charge in [0, 0.05) is 13.0 Å². The summed E-state index contributed by atoms with van der Waals surface area (Å²) in [6.07, 6.45) is 9.37. The van der Waals surface area contributed by atoms with Crippen LogP contribution in [-0.4, -0.2) is 37.6 Å². The third kappa shape index (κ3) is 8.93. The summed E-state index contributed by atoms with van der Waals surface area (Å²) in [5.74, 6) is 0. The van der Waals surface area contributed by atoms with Crippen LogP contribution in [0.25, 0.3) is 0 Å². The SMILES string of the molecule is CCCCCCCC(CC(C)(C)OCC)OCC1CO1. The van der Waals surface area contributed by atoms with E-state index in [1.165, 1.54) is 32.1 Å². The molecule has 1 aliphatic heterocycles. The molecule has 0 aromatic carbocycles. The van der Waals surface area contributed by atoms with Crippen molar-refractivity contribution in [1.82, 2.24) is 0 Å². The normalized spacial score (nSPS) is 20.1. The fourth-order valence-corrected chi connectivity index (χ4v) is 2.63.